The van der Waals surface area contributed by atoms with Crippen molar-refractivity contribution in [1.82, 2.24) is 30.1 Å². The van der Waals surface area contributed by atoms with Gasteiger partial charge in [-0.3, -0.25) is 4.98 Å². The van der Waals surface area contributed by atoms with Crippen LogP contribution in [0.2, 0.25) is 0 Å². The molecule has 1 atom stereocenters. The average molecular weight is 340 g/mol. The van der Waals surface area contributed by atoms with E-state index >= 15 is 0 Å². The summed E-state index contributed by atoms with van der Waals surface area (Å²) in [5.41, 5.74) is 2.67. The van der Waals surface area contributed by atoms with Crippen molar-refractivity contribution in [3.8, 4) is 0 Å². The monoisotopic (exact) mass is 340 g/mol. The van der Waals surface area contributed by atoms with E-state index in [1.54, 1.807) is 24.1 Å². The van der Waals surface area contributed by atoms with Crippen LogP contribution in [0.4, 0.5) is 16.8 Å². The largest absolute Gasteiger partial charge is 0.347 e. The van der Waals surface area contributed by atoms with E-state index in [0.29, 0.717) is 0 Å². The summed E-state index contributed by atoms with van der Waals surface area (Å²) in [5, 5.41) is 11.7. The van der Waals surface area contributed by atoms with E-state index in [9.17, 15) is 0 Å². The van der Waals surface area contributed by atoms with Gasteiger partial charge < -0.3 is 10.2 Å². The van der Waals surface area contributed by atoms with Crippen molar-refractivity contribution < 1.29 is 0 Å². The quantitative estimate of drug-likeness (QED) is 0.774. The Balaban J connectivity index is 1.64. The standard InChI is InChI=1S/C15H16N8S/c1-10-19-11(7-13(20-10)21-15-22-18-9-24-15)12-3-2-6-23(12)14-8-16-4-5-17-14/h4-5,7-9,12H,2-3,6H2,1H3,(H,19,20,21,22)/t12-/m1/s1. The van der Waals surface area contributed by atoms with Crippen LogP contribution in [0.15, 0.2) is 30.2 Å². The highest BCUT2D eigenvalue weighted by Gasteiger charge is 2.29. The van der Waals surface area contributed by atoms with E-state index in [1.165, 1.54) is 11.3 Å². The lowest BCUT2D eigenvalue weighted by Crippen LogP contribution is -2.24. The van der Waals surface area contributed by atoms with Gasteiger partial charge in [0.05, 0.1) is 17.9 Å². The molecule has 0 spiro atoms. The second-order valence-corrected chi connectivity index (χ2v) is 6.34. The van der Waals surface area contributed by atoms with Crippen LogP contribution >= 0.6 is 11.3 Å². The maximum Gasteiger partial charge on any atom is 0.210 e. The zero-order valence-corrected chi connectivity index (χ0v) is 13.9. The molecule has 1 fully saturated rings. The van der Waals surface area contributed by atoms with E-state index in [-0.39, 0.29) is 6.04 Å². The Morgan fingerprint density at radius 1 is 1.29 bits per heavy atom. The molecule has 4 rings (SSSR count). The molecular formula is C15H16N8S. The minimum atomic E-state index is 0.179. The fraction of sp³-hybridized carbons (Fsp3) is 0.333. The second-order valence-electron chi connectivity index (χ2n) is 5.51. The van der Waals surface area contributed by atoms with E-state index in [2.05, 4.69) is 40.3 Å². The Morgan fingerprint density at radius 3 is 3.04 bits per heavy atom. The lowest BCUT2D eigenvalue weighted by Gasteiger charge is -2.25. The maximum absolute atomic E-state index is 4.65. The van der Waals surface area contributed by atoms with E-state index in [4.69, 9.17) is 0 Å². The molecule has 24 heavy (non-hydrogen) atoms. The molecule has 0 saturated carbocycles. The highest BCUT2D eigenvalue weighted by molar-refractivity contribution is 7.13. The van der Waals surface area contributed by atoms with Crippen LogP contribution < -0.4 is 10.2 Å². The second kappa shape index (κ2) is 6.44. The van der Waals surface area contributed by atoms with Gasteiger partial charge in [0.15, 0.2) is 0 Å². The van der Waals surface area contributed by atoms with E-state index in [1.807, 2.05) is 13.0 Å². The number of hydrogen-bond donors (Lipinski definition) is 1. The normalized spacial score (nSPS) is 17.2. The van der Waals surface area contributed by atoms with Gasteiger partial charge in [0.1, 0.15) is 23.0 Å². The predicted molar refractivity (Wildman–Crippen MR) is 91.3 cm³/mol. The Kier molecular flexibility index (Phi) is 3.99. The average Bonchev–Trinajstić information content (AvgIpc) is 3.26. The molecular weight excluding hydrogens is 324 g/mol. The number of aryl methyl sites for hydroxylation is 1. The smallest absolute Gasteiger partial charge is 0.210 e. The predicted octanol–water partition coefficient (Wildman–Crippen LogP) is 2.51. The molecule has 0 aliphatic carbocycles. The zero-order valence-electron chi connectivity index (χ0n) is 13.1. The molecule has 0 aromatic carbocycles. The molecule has 1 saturated heterocycles. The molecule has 9 heteroatoms. The summed E-state index contributed by atoms with van der Waals surface area (Å²) in [4.78, 5) is 20.0. The van der Waals surface area contributed by atoms with Crippen molar-refractivity contribution in [3.05, 3.63) is 41.7 Å². The fourth-order valence-electron chi connectivity index (χ4n) is 2.95. The number of anilines is 3. The fourth-order valence-corrected chi connectivity index (χ4v) is 3.40. The minimum absolute atomic E-state index is 0.179. The van der Waals surface area contributed by atoms with Gasteiger partial charge in [-0.25, -0.2) is 15.0 Å². The third kappa shape index (κ3) is 3.02. The molecule has 8 nitrogen and oxygen atoms in total. The molecule has 1 aliphatic rings. The first-order valence-corrected chi connectivity index (χ1v) is 8.59. The first-order chi connectivity index (χ1) is 11.8. The van der Waals surface area contributed by atoms with E-state index < -0.39 is 0 Å². The molecule has 1 aliphatic heterocycles. The van der Waals surface area contributed by atoms with Crippen LogP contribution in [0, 0.1) is 6.92 Å². The molecule has 122 valence electrons. The molecule has 4 heterocycles. The zero-order chi connectivity index (χ0) is 16.4. The van der Waals surface area contributed by atoms with Crippen molar-refractivity contribution >= 4 is 28.1 Å². The number of aromatic nitrogens is 6. The topological polar surface area (TPSA) is 92.6 Å². The highest BCUT2D eigenvalue weighted by atomic mass is 32.1. The SMILES string of the molecule is Cc1nc(Nc2nncs2)cc([C@H]2CCCN2c2cnccn2)n1. The Labute approximate surface area is 143 Å². The summed E-state index contributed by atoms with van der Waals surface area (Å²) >= 11 is 1.44. The first-order valence-electron chi connectivity index (χ1n) is 7.71. The third-order valence-corrected chi connectivity index (χ3v) is 4.50. The molecule has 3 aromatic heterocycles. The van der Waals surface area contributed by atoms with Crippen LogP contribution in [0.1, 0.15) is 30.4 Å². The van der Waals surface area contributed by atoms with Crippen molar-refractivity contribution in [2.45, 2.75) is 25.8 Å². The van der Waals surface area contributed by atoms with Gasteiger partial charge in [-0.15, -0.1) is 10.2 Å². The number of nitrogens with zero attached hydrogens (tertiary/aromatic N) is 7. The van der Waals surface area contributed by atoms with Crippen LogP contribution in [-0.4, -0.2) is 36.7 Å². The minimum Gasteiger partial charge on any atom is -0.347 e. The number of rotatable bonds is 4. The number of nitrogens with one attached hydrogen (secondary N) is 1. The summed E-state index contributed by atoms with van der Waals surface area (Å²) in [6.45, 7) is 2.85. The van der Waals surface area contributed by atoms with Crippen LogP contribution in [0.25, 0.3) is 0 Å². The molecule has 1 N–H and O–H groups in total. The lowest BCUT2D eigenvalue weighted by atomic mass is 10.1. The van der Waals surface area contributed by atoms with Gasteiger partial charge in [0.2, 0.25) is 5.13 Å². The van der Waals surface area contributed by atoms with Gasteiger partial charge in [-0.2, -0.15) is 0 Å². The highest BCUT2D eigenvalue weighted by Crippen LogP contribution is 2.34. The third-order valence-electron chi connectivity index (χ3n) is 3.89. The molecule has 0 amide bonds. The van der Waals surface area contributed by atoms with Crippen molar-refractivity contribution in [1.29, 1.82) is 0 Å². The van der Waals surface area contributed by atoms with Crippen molar-refractivity contribution in [2.75, 3.05) is 16.8 Å². The summed E-state index contributed by atoms with van der Waals surface area (Å²) < 4.78 is 0. The maximum atomic E-state index is 4.65. The van der Waals surface area contributed by atoms with E-state index in [0.717, 1.165) is 47.7 Å². The number of hydrogen-bond acceptors (Lipinski definition) is 9. The molecule has 0 bridgehead atoms. The molecule has 0 unspecified atom stereocenters. The Morgan fingerprint density at radius 2 is 2.25 bits per heavy atom. The van der Waals surface area contributed by atoms with Crippen LogP contribution in [-0.2, 0) is 0 Å². The van der Waals surface area contributed by atoms with Crippen molar-refractivity contribution in [3.63, 3.8) is 0 Å². The Bertz CT molecular complexity index is 808. The molecule has 0 radical (unpaired) electrons. The van der Waals surface area contributed by atoms with Crippen molar-refractivity contribution in [2.24, 2.45) is 0 Å². The van der Waals surface area contributed by atoms with Gasteiger partial charge in [0.25, 0.3) is 0 Å². The summed E-state index contributed by atoms with van der Waals surface area (Å²) in [6, 6.07) is 2.16. The van der Waals surface area contributed by atoms with Crippen LogP contribution in [0.5, 0.6) is 0 Å². The summed E-state index contributed by atoms with van der Waals surface area (Å²) in [6.07, 6.45) is 7.34. The summed E-state index contributed by atoms with van der Waals surface area (Å²) in [5.74, 6) is 2.35. The van der Waals surface area contributed by atoms with Crippen LogP contribution in [0.3, 0.4) is 0 Å². The summed E-state index contributed by atoms with van der Waals surface area (Å²) in [7, 11) is 0. The lowest BCUT2D eigenvalue weighted by molar-refractivity contribution is 0.680. The molecule has 3 aromatic rings. The van der Waals surface area contributed by atoms with Gasteiger partial charge >= 0.3 is 0 Å². The first kappa shape index (κ1) is 14.9. The Hall–Kier alpha value is -2.68. The van der Waals surface area contributed by atoms with Gasteiger partial charge in [-0.05, 0) is 19.8 Å². The van der Waals surface area contributed by atoms with Gasteiger partial charge in [0, 0.05) is 25.0 Å². The van der Waals surface area contributed by atoms with Gasteiger partial charge in [-0.1, -0.05) is 11.3 Å².